The summed E-state index contributed by atoms with van der Waals surface area (Å²) in [4.78, 5) is 16.4. The Balaban J connectivity index is 1.65. The first-order chi connectivity index (χ1) is 13.6. The summed E-state index contributed by atoms with van der Waals surface area (Å²) in [5, 5.41) is 0. The van der Waals surface area contributed by atoms with Gasteiger partial charge >= 0.3 is 6.18 Å². The van der Waals surface area contributed by atoms with Crippen molar-refractivity contribution in [3.05, 3.63) is 59.7 Å². The third kappa shape index (κ3) is 5.16. The molecule has 0 radical (unpaired) electrons. The molecule has 0 aliphatic carbocycles. The van der Waals surface area contributed by atoms with Crippen LogP contribution in [0.5, 0.6) is 0 Å². The summed E-state index contributed by atoms with van der Waals surface area (Å²) in [7, 11) is -3.52. The van der Waals surface area contributed by atoms with Gasteiger partial charge in [0.2, 0.25) is 0 Å². The number of ketones is 1. The number of hydrogen-bond acceptors (Lipinski definition) is 5. The Morgan fingerprint density at radius 1 is 1.00 bits per heavy atom. The highest BCUT2D eigenvalue weighted by Crippen LogP contribution is 2.31. The van der Waals surface area contributed by atoms with Gasteiger partial charge in [0.25, 0.3) is 0 Å². The number of rotatable bonds is 5. The van der Waals surface area contributed by atoms with Crippen molar-refractivity contribution >= 4 is 21.3 Å². The Morgan fingerprint density at radius 2 is 1.66 bits per heavy atom. The predicted molar refractivity (Wildman–Crippen MR) is 104 cm³/mol. The molecular weight excluding hydrogens is 405 g/mol. The lowest BCUT2D eigenvalue weighted by atomic mass is 10.1. The molecule has 2 aromatic rings. The molecule has 0 atom stereocenters. The molecule has 2 aromatic carbocycles. The maximum absolute atomic E-state index is 12.9. The van der Waals surface area contributed by atoms with E-state index in [1.54, 1.807) is 18.2 Å². The second kappa shape index (κ2) is 8.16. The molecule has 29 heavy (non-hydrogen) atoms. The van der Waals surface area contributed by atoms with Gasteiger partial charge in [0.05, 0.1) is 17.0 Å². The quantitative estimate of drug-likeness (QED) is 0.688. The highest BCUT2D eigenvalue weighted by Gasteiger charge is 2.31. The van der Waals surface area contributed by atoms with E-state index in [9.17, 15) is 26.4 Å². The molecule has 1 heterocycles. The molecule has 0 amide bonds. The van der Waals surface area contributed by atoms with Crippen LogP contribution in [0, 0.1) is 0 Å². The fourth-order valence-electron chi connectivity index (χ4n) is 3.35. The number of Topliss-reactive ketones (excluding diaryl/α,β-unsaturated/α-hetero) is 1. The van der Waals surface area contributed by atoms with Crippen molar-refractivity contribution in [3.63, 3.8) is 0 Å². The zero-order chi connectivity index (χ0) is 21.2. The van der Waals surface area contributed by atoms with Crippen LogP contribution in [0.1, 0.15) is 15.9 Å². The van der Waals surface area contributed by atoms with Crippen LogP contribution in [0.15, 0.2) is 53.4 Å². The molecule has 0 aromatic heterocycles. The van der Waals surface area contributed by atoms with Gasteiger partial charge in [-0.1, -0.05) is 24.3 Å². The molecule has 1 fully saturated rings. The van der Waals surface area contributed by atoms with Gasteiger partial charge in [-0.3, -0.25) is 9.69 Å². The topological polar surface area (TPSA) is 57.7 Å². The van der Waals surface area contributed by atoms with E-state index in [1.165, 1.54) is 18.2 Å². The largest absolute Gasteiger partial charge is 0.416 e. The van der Waals surface area contributed by atoms with Gasteiger partial charge in [0.15, 0.2) is 15.6 Å². The zero-order valence-corrected chi connectivity index (χ0v) is 16.6. The second-order valence-corrected chi connectivity index (χ2v) is 8.99. The molecule has 0 saturated carbocycles. The minimum atomic E-state index is -4.39. The van der Waals surface area contributed by atoms with Gasteiger partial charge in [0.1, 0.15) is 0 Å². The van der Waals surface area contributed by atoms with Crippen LogP contribution in [0.25, 0.3) is 0 Å². The Hall–Kier alpha value is -2.39. The number of benzene rings is 2. The van der Waals surface area contributed by atoms with Crippen LogP contribution in [0.3, 0.4) is 0 Å². The summed E-state index contributed by atoms with van der Waals surface area (Å²) in [5.41, 5.74) is -0.0338. The van der Waals surface area contributed by atoms with Crippen LogP contribution < -0.4 is 4.90 Å². The highest BCUT2D eigenvalue weighted by atomic mass is 32.2. The normalized spacial score (nSPS) is 16.1. The fraction of sp³-hybridized carbons (Fsp3) is 0.350. The smallest absolute Gasteiger partial charge is 0.369 e. The average Bonchev–Trinajstić information content (AvgIpc) is 2.67. The van der Waals surface area contributed by atoms with Crippen molar-refractivity contribution in [1.29, 1.82) is 0 Å². The van der Waals surface area contributed by atoms with E-state index in [0.29, 0.717) is 31.9 Å². The van der Waals surface area contributed by atoms with Crippen molar-refractivity contribution < 1.29 is 26.4 Å². The van der Waals surface area contributed by atoms with Crippen molar-refractivity contribution in [2.75, 3.05) is 43.9 Å². The molecule has 0 bridgehead atoms. The summed E-state index contributed by atoms with van der Waals surface area (Å²) in [6.45, 7) is 1.99. The van der Waals surface area contributed by atoms with Crippen molar-refractivity contribution in [3.8, 4) is 0 Å². The lowest BCUT2D eigenvalue weighted by molar-refractivity contribution is -0.137. The Bertz CT molecular complexity index is 998. The maximum atomic E-state index is 12.9. The molecule has 0 unspecified atom stereocenters. The minimum absolute atomic E-state index is 0.00704. The van der Waals surface area contributed by atoms with Crippen LogP contribution in [0.2, 0.25) is 0 Å². The van der Waals surface area contributed by atoms with Crippen LogP contribution >= 0.6 is 0 Å². The van der Waals surface area contributed by atoms with Crippen LogP contribution in [0.4, 0.5) is 18.9 Å². The van der Waals surface area contributed by atoms with Crippen LogP contribution in [-0.4, -0.2) is 58.1 Å². The standard InChI is InChI=1S/C20H21F3N2O3S/c1-29(27,28)19-8-3-2-7-17(19)18(26)14-24-9-11-25(12-10-24)16-6-4-5-15(13-16)20(21,22)23/h2-8,13H,9-12,14H2,1H3. The summed E-state index contributed by atoms with van der Waals surface area (Å²) in [6, 6.07) is 11.3. The number of carbonyl (C=O) groups is 1. The predicted octanol–water partition coefficient (Wildman–Crippen LogP) is 3.11. The van der Waals surface area contributed by atoms with Gasteiger partial charge < -0.3 is 4.90 Å². The van der Waals surface area contributed by atoms with Gasteiger partial charge in [-0.2, -0.15) is 13.2 Å². The Morgan fingerprint density at radius 3 is 2.28 bits per heavy atom. The number of carbonyl (C=O) groups excluding carboxylic acids is 1. The number of piperazine rings is 1. The molecule has 3 rings (SSSR count). The van der Waals surface area contributed by atoms with Gasteiger partial charge in [0, 0.05) is 43.7 Å². The van der Waals surface area contributed by atoms with Crippen molar-refractivity contribution in [2.45, 2.75) is 11.1 Å². The van der Waals surface area contributed by atoms with E-state index in [4.69, 9.17) is 0 Å². The molecule has 0 spiro atoms. The van der Waals surface area contributed by atoms with Gasteiger partial charge in [-0.15, -0.1) is 0 Å². The Labute approximate surface area is 167 Å². The third-order valence-corrected chi connectivity index (χ3v) is 6.02. The molecule has 1 saturated heterocycles. The van der Waals surface area contributed by atoms with Gasteiger partial charge in [-0.25, -0.2) is 8.42 Å². The second-order valence-electron chi connectivity index (χ2n) is 7.00. The molecule has 9 heteroatoms. The summed E-state index contributed by atoms with van der Waals surface area (Å²) >= 11 is 0. The lowest BCUT2D eigenvalue weighted by Gasteiger charge is -2.36. The molecule has 0 N–H and O–H groups in total. The van der Waals surface area contributed by atoms with Gasteiger partial charge in [-0.05, 0) is 24.3 Å². The SMILES string of the molecule is CS(=O)(=O)c1ccccc1C(=O)CN1CCN(c2cccc(C(F)(F)F)c2)CC1. The van der Waals surface area contributed by atoms with E-state index >= 15 is 0 Å². The van der Waals surface area contributed by atoms with E-state index in [0.717, 1.165) is 18.4 Å². The number of alkyl halides is 3. The third-order valence-electron chi connectivity index (χ3n) is 4.87. The average molecular weight is 426 g/mol. The maximum Gasteiger partial charge on any atom is 0.416 e. The first kappa shape index (κ1) is 21.3. The Kier molecular flexibility index (Phi) is 6.00. The lowest BCUT2D eigenvalue weighted by Crippen LogP contribution is -2.48. The number of sulfone groups is 1. The first-order valence-electron chi connectivity index (χ1n) is 9.02. The summed E-state index contributed by atoms with van der Waals surface area (Å²) in [6.07, 6.45) is -3.33. The molecule has 1 aliphatic heterocycles. The molecule has 5 nitrogen and oxygen atoms in total. The highest BCUT2D eigenvalue weighted by molar-refractivity contribution is 7.90. The van der Waals surface area contributed by atoms with Crippen molar-refractivity contribution in [1.82, 2.24) is 4.90 Å². The number of anilines is 1. The van der Waals surface area contributed by atoms with Crippen LogP contribution in [-0.2, 0) is 16.0 Å². The number of halogens is 3. The molecule has 156 valence electrons. The fourth-order valence-corrected chi connectivity index (χ4v) is 4.26. The molecular formula is C20H21F3N2O3S. The number of nitrogens with zero attached hydrogens (tertiary/aromatic N) is 2. The molecule has 1 aliphatic rings. The summed E-state index contributed by atoms with van der Waals surface area (Å²) in [5.74, 6) is -0.293. The first-order valence-corrected chi connectivity index (χ1v) is 10.9. The zero-order valence-electron chi connectivity index (χ0n) is 15.8. The van der Waals surface area contributed by atoms with E-state index < -0.39 is 21.6 Å². The van der Waals surface area contributed by atoms with Crippen molar-refractivity contribution in [2.24, 2.45) is 0 Å². The minimum Gasteiger partial charge on any atom is -0.369 e. The number of hydrogen-bond donors (Lipinski definition) is 0. The van der Waals surface area contributed by atoms with E-state index in [-0.39, 0.29) is 22.8 Å². The van der Waals surface area contributed by atoms with E-state index in [1.807, 2.05) is 9.80 Å². The summed E-state index contributed by atoms with van der Waals surface area (Å²) < 4.78 is 62.5. The van der Waals surface area contributed by atoms with E-state index in [2.05, 4.69) is 0 Å². The monoisotopic (exact) mass is 426 g/mol.